The lowest BCUT2D eigenvalue weighted by atomic mass is 9.86. The Morgan fingerprint density at radius 1 is 1.45 bits per heavy atom. The van der Waals surface area contributed by atoms with E-state index in [-0.39, 0.29) is 23.3 Å². The number of hydrogen-bond donors (Lipinski definition) is 1. The van der Waals surface area contributed by atoms with Crippen molar-refractivity contribution in [2.24, 2.45) is 5.92 Å². The number of benzene rings is 1. The van der Waals surface area contributed by atoms with Crippen LogP contribution in [0.15, 0.2) is 28.2 Å². The molecule has 2 atom stereocenters. The SMILES string of the molecule is CC1CCCCC1NC(=O)/C(C#N)=C/c1ccc(F)c(Br)c1. The second kappa shape index (κ2) is 7.55. The van der Waals surface area contributed by atoms with Crippen LogP contribution in [0.5, 0.6) is 0 Å². The van der Waals surface area contributed by atoms with Crippen LogP contribution in [0.1, 0.15) is 38.2 Å². The minimum atomic E-state index is -0.379. The second-order valence-electron chi connectivity index (χ2n) is 5.69. The molecular formula is C17H18BrFN2O. The van der Waals surface area contributed by atoms with Gasteiger partial charge in [0.25, 0.3) is 5.91 Å². The molecule has 1 aliphatic carbocycles. The quantitative estimate of drug-likeness (QED) is 0.645. The fourth-order valence-corrected chi connectivity index (χ4v) is 3.09. The summed E-state index contributed by atoms with van der Waals surface area (Å²) in [7, 11) is 0. The van der Waals surface area contributed by atoms with Crippen LogP contribution >= 0.6 is 15.9 Å². The van der Waals surface area contributed by atoms with Gasteiger partial charge in [-0.25, -0.2) is 4.39 Å². The van der Waals surface area contributed by atoms with Crippen LogP contribution < -0.4 is 5.32 Å². The Labute approximate surface area is 138 Å². The van der Waals surface area contributed by atoms with Gasteiger partial charge in [-0.2, -0.15) is 5.26 Å². The molecule has 1 amide bonds. The third kappa shape index (κ3) is 4.17. The highest BCUT2D eigenvalue weighted by Crippen LogP contribution is 2.24. The van der Waals surface area contributed by atoms with Crippen LogP contribution in [0, 0.1) is 23.1 Å². The van der Waals surface area contributed by atoms with Crippen molar-refractivity contribution in [3.63, 3.8) is 0 Å². The molecule has 0 aromatic heterocycles. The van der Waals surface area contributed by atoms with Gasteiger partial charge in [-0.15, -0.1) is 0 Å². The smallest absolute Gasteiger partial charge is 0.262 e. The molecule has 1 aromatic rings. The van der Waals surface area contributed by atoms with Gasteiger partial charge in [0.1, 0.15) is 17.5 Å². The maximum Gasteiger partial charge on any atom is 0.262 e. The molecular weight excluding hydrogens is 347 g/mol. The molecule has 116 valence electrons. The Morgan fingerprint density at radius 3 is 2.82 bits per heavy atom. The van der Waals surface area contributed by atoms with Crippen LogP contribution in [0.3, 0.4) is 0 Å². The molecule has 0 radical (unpaired) electrons. The molecule has 1 N–H and O–H groups in total. The summed E-state index contributed by atoms with van der Waals surface area (Å²) in [5, 5.41) is 12.2. The number of nitrogens with one attached hydrogen (secondary N) is 1. The molecule has 2 rings (SSSR count). The largest absolute Gasteiger partial charge is 0.348 e. The number of nitrogens with zero attached hydrogens (tertiary/aromatic N) is 1. The van der Waals surface area contributed by atoms with E-state index in [9.17, 15) is 14.4 Å². The number of carbonyl (C=O) groups is 1. The number of amides is 1. The lowest BCUT2D eigenvalue weighted by Crippen LogP contribution is -2.41. The fourth-order valence-electron chi connectivity index (χ4n) is 2.69. The first-order valence-electron chi connectivity index (χ1n) is 7.39. The first-order chi connectivity index (χ1) is 10.5. The van der Waals surface area contributed by atoms with E-state index in [1.165, 1.54) is 24.6 Å². The zero-order valence-corrected chi connectivity index (χ0v) is 14.0. The Kier molecular flexibility index (Phi) is 5.73. The predicted octanol–water partition coefficient (Wildman–Crippen LogP) is 4.19. The van der Waals surface area contributed by atoms with Crippen molar-refractivity contribution in [3.05, 3.63) is 39.6 Å². The molecule has 3 nitrogen and oxygen atoms in total. The van der Waals surface area contributed by atoms with Crippen molar-refractivity contribution in [2.45, 2.75) is 38.6 Å². The van der Waals surface area contributed by atoms with E-state index < -0.39 is 0 Å². The van der Waals surface area contributed by atoms with Gasteiger partial charge in [-0.3, -0.25) is 4.79 Å². The maximum absolute atomic E-state index is 13.2. The van der Waals surface area contributed by atoms with Gasteiger partial charge in [0.2, 0.25) is 0 Å². The van der Waals surface area contributed by atoms with E-state index in [1.54, 1.807) is 6.07 Å². The Hall–Kier alpha value is -1.67. The molecule has 0 spiro atoms. The fraction of sp³-hybridized carbons (Fsp3) is 0.412. The average Bonchev–Trinajstić information content (AvgIpc) is 2.50. The van der Waals surface area contributed by atoms with Gasteiger partial charge in [-0.05, 0) is 58.5 Å². The highest BCUT2D eigenvalue weighted by atomic mass is 79.9. The molecule has 1 fully saturated rings. The van der Waals surface area contributed by atoms with Crippen LogP contribution in [-0.4, -0.2) is 11.9 Å². The van der Waals surface area contributed by atoms with Crippen molar-refractivity contribution in [1.82, 2.24) is 5.32 Å². The first-order valence-corrected chi connectivity index (χ1v) is 8.18. The van der Waals surface area contributed by atoms with E-state index in [0.29, 0.717) is 16.0 Å². The summed E-state index contributed by atoms with van der Waals surface area (Å²) >= 11 is 3.09. The first kappa shape index (κ1) is 16.7. The Balaban J connectivity index is 2.13. The van der Waals surface area contributed by atoms with Gasteiger partial charge in [0.15, 0.2) is 0 Å². The number of carbonyl (C=O) groups excluding carboxylic acids is 1. The Morgan fingerprint density at radius 2 is 2.18 bits per heavy atom. The summed E-state index contributed by atoms with van der Waals surface area (Å²) in [5.41, 5.74) is 0.646. The third-order valence-corrected chi connectivity index (χ3v) is 4.66. The summed E-state index contributed by atoms with van der Waals surface area (Å²) in [4.78, 5) is 12.3. The van der Waals surface area contributed by atoms with Crippen molar-refractivity contribution in [1.29, 1.82) is 5.26 Å². The summed E-state index contributed by atoms with van der Waals surface area (Å²) in [6, 6.07) is 6.43. The molecule has 1 aromatic carbocycles. The highest BCUT2D eigenvalue weighted by Gasteiger charge is 2.24. The van der Waals surface area contributed by atoms with E-state index in [2.05, 4.69) is 28.2 Å². The molecule has 0 saturated heterocycles. The zero-order chi connectivity index (χ0) is 16.1. The summed E-state index contributed by atoms with van der Waals surface area (Å²) in [6.07, 6.45) is 5.83. The van der Waals surface area contributed by atoms with Gasteiger partial charge in [0, 0.05) is 6.04 Å². The van der Waals surface area contributed by atoms with E-state index >= 15 is 0 Å². The minimum Gasteiger partial charge on any atom is -0.348 e. The summed E-state index contributed by atoms with van der Waals surface area (Å²) in [6.45, 7) is 2.12. The number of rotatable bonds is 3. The molecule has 0 bridgehead atoms. The van der Waals surface area contributed by atoms with E-state index in [0.717, 1.165) is 19.3 Å². The second-order valence-corrected chi connectivity index (χ2v) is 6.54. The molecule has 2 unspecified atom stereocenters. The molecule has 5 heteroatoms. The lowest BCUT2D eigenvalue weighted by Gasteiger charge is -2.29. The third-order valence-electron chi connectivity index (χ3n) is 4.05. The summed E-state index contributed by atoms with van der Waals surface area (Å²) < 4.78 is 13.5. The van der Waals surface area contributed by atoms with Gasteiger partial charge >= 0.3 is 0 Å². The van der Waals surface area contributed by atoms with Crippen molar-refractivity contribution < 1.29 is 9.18 Å². The van der Waals surface area contributed by atoms with Crippen molar-refractivity contribution >= 4 is 27.9 Å². The van der Waals surface area contributed by atoms with E-state index in [4.69, 9.17) is 0 Å². The Bertz CT molecular complexity index is 636. The van der Waals surface area contributed by atoms with Crippen LogP contribution in [-0.2, 0) is 4.79 Å². The molecule has 0 heterocycles. The topological polar surface area (TPSA) is 52.9 Å². The lowest BCUT2D eigenvalue weighted by molar-refractivity contribution is -0.118. The number of halogens is 2. The summed E-state index contributed by atoms with van der Waals surface area (Å²) in [5.74, 6) is -0.310. The number of nitriles is 1. The maximum atomic E-state index is 13.2. The van der Waals surface area contributed by atoms with Crippen molar-refractivity contribution in [2.75, 3.05) is 0 Å². The normalized spacial score (nSPS) is 22.0. The highest BCUT2D eigenvalue weighted by molar-refractivity contribution is 9.10. The molecule has 1 aliphatic rings. The predicted molar refractivity (Wildman–Crippen MR) is 87.3 cm³/mol. The molecule has 22 heavy (non-hydrogen) atoms. The van der Waals surface area contributed by atoms with Gasteiger partial charge in [0.05, 0.1) is 4.47 Å². The molecule has 1 saturated carbocycles. The van der Waals surface area contributed by atoms with Crippen LogP contribution in [0.4, 0.5) is 4.39 Å². The van der Waals surface area contributed by atoms with Crippen LogP contribution in [0.2, 0.25) is 0 Å². The average molecular weight is 365 g/mol. The minimum absolute atomic E-state index is 0.0382. The van der Waals surface area contributed by atoms with Crippen molar-refractivity contribution in [3.8, 4) is 6.07 Å². The van der Waals surface area contributed by atoms with Gasteiger partial charge < -0.3 is 5.32 Å². The molecule has 0 aliphatic heterocycles. The zero-order valence-electron chi connectivity index (χ0n) is 12.4. The monoisotopic (exact) mass is 364 g/mol. The van der Waals surface area contributed by atoms with Gasteiger partial charge in [-0.1, -0.05) is 25.8 Å². The number of hydrogen-bond acceptors (Lipinski definition) is 2. The van der Waals surface area contributed by atoms with E-state index in [1.807, 2.05) is 6.07 Å². The standard InChI is InChI=1S/C17H18BrFN2O/c1-11-4-2-3-5-16(11)21-17(22)13(10-20)8-12-6-7-15(19)14(18)9-12/h6-9,11,16H,2-5H2,1H3,(H,21,22)/b13-8+. The van der Waals surface area contributed by atoms with Crippen LogP contribution in [0.25, 0.3) is 6.08 Å².